The van der Waals surface area contributed by atoms with Crippen LogP contribution in [0.25, 0.3) is 11.0 Å². The van der Waals surface area contributed by atoms with Crippen LogP contribution >= 0.6 is 23.2 Å². The highest BCUT2D eigenvalue weighted by Gasteiger charge is 2.17. The van der Waals surface area contributed by atoms with Crippen molar-refractivity contribution < 1.29 is 9.21 Å². The van der Waals surface area contributed by atoms with Gasteiger partial charge in [-0.3, -0.25) is 9.78 Å². The summed E-state index contributed by atoms with van der Waals surface area (Å²) in [5, 5.41) is 1.52. The first-order chi connectivity index (χ1) is 9.15. The Kier molecular flexibility index (Phi) is 2.97. The van der Waals surface area contributed by atoms with Gasteiger partial charge in [0.25, 0.3) is 0 Å². The lowest BCUT2D eigenvalue weighted by molar-refractivity contribution is 0.101. The van der Waals surface area contributed by atoms with E-state index in [1.165, 1.54) is 18.6 Å². The number of ketones is 1. The van der Waals surface area contributed by atoms with Gasteiger partial charge < -0.3 is 4.42 Å². The molecule has 0 aliphatic carbocycles. The van der Waals surface area contributed by atoms with Crippen molar-refractivity contribution in [3.63, 3.8) is 0 Å². The standard InChI is InChI=1S/C13H6Cl2N2O2/c14-8-3-7-4-11(19-13(7)9(15)5-8)12(18)10-6-16-1-2-17-10/h1-6H. The van der Waals surface area contributed by atoms with Crippen LogP contribution in [0, 0.1) is 0 Å². The van der Waals surface area contributed by atoms with Gasteiger partial charge in [-0.15, -0.1) is 0 Å². The van der Waals surface area contributed by atoms with Crippen molar-refractivity contribution in [3.05, 3.63) is 58.3 Å². The number of carbonyl (C=O) groups excluding carboxylic acids is 1. The third kappa shape index (κ3) is 2.20. The fraction of sp³-hybridized carbons (Fsp3) is 0. The summed E-state index contributed by atoms with van der Waals surface area (Å²) in [6.45, 7) is 0. The van der Waals surface area contributed by atoms with Gasteiger partial charge in [0.2, 0.25) is 5.78 Å². The number of benzene rings is 1. The lowest BCUT2D eigenvalue weighted by atomic mass is 10.2. The van der Waals surface area contributed by atoms with E-state index in [-0.39, 0.29) is 17.2 Å². The van der Waals surface area contributed by atoms with Gasteiger partial charge in [-0.05, 0) is 18.2 Å². The zero-order valence-electron chi connectivity index (χ0n) is 9.43. The molecular weight excluding hydrogens is 287 g/mol. The van der Waals surface area contributed by atoms with E-state index in [0.717, 1.165) is 0 Å². The fourth-order valence-corrected chi connectivity index (χ4v) is 2.28. The number of hydrogen-bond acceptors (Lipinski definition) is 4. The summed E-state index contributed by atoms with van der Waals surface area (Å²) in [4.78, 5) is 19.9. The summed E-state index contributed by atoms with van der Waals surface area (Å²) in [6, 6.07) is 4.83. The number of nitrogens with zero attached hydrogens (tertiary/aromatic N) is 2. The second-order valence-electron chi connectivity index (χ2n) is 3.84. The third-order valence-corrected chi connectivity index (χ3v) is 3.05. The number of halogens is 2. The van der Waals surface area contributed by atoms with Crippen molar-refractivity contribution in [2.24, 2.45) is 0 Å². The van der Waals surface area contributed by atoms with E-state index >= 15 is 0 Å². The minimum atomic E-state index is -0.350. The van der Waals surface area contributed by atoms with Crippen molar-refractivity contribution in [3.8, 4) is 0 Å². The van der Waals surface area contributed by atoms with Gasteiger partial charge in [0, 0.05) is 22.8 Å². The molecule has 0 atom stereocenters. The van der Waals surface area contributed by atoms with Crippen LogP contribution in [0.4, 0.5) is 0 Å². The quantitative estimate of drug-likeness (QED) is 0.675. The molecule has 0 saturated heterocycles. The van der Waals surface area contributed by atoms with Crippen LogP contribution < -0.4 is 0 Å². The maximum Gasteiger partial charge on any atom is 0.248 e. The van der Waals surface area contributed by atoms with Gasteiger partial charge in [-0.2, -0.15) is 0 Å². The van der Waals surface area contributed by atoms with Crippen molar-refractivity contribution in [2.45, 2.75) is 0 Å². The predicted molar refractivity (Wildman–Crippen MR) is 71.7 cm³/mol. The lowest BCUT2D eigenvalue weighted by Crippen LogP contribution is -2.02. The van der Waals surface area contributed by atoms with E-state index in [1.54, 1.807) is 18.2 Å². The van der Waals surface area contributed by atoms with Gasteiger partial charge in [-0.1, -0.05) is 23.2 Å². The Bertz CT molecular complexity index is 769. The highest BCUT2D eigenvalue weighted by atomic mass is 35.5. The SMILES string of the molecule is O=C(c1cnccn1)c1cc2cc(Cl)cc(Cl)c2o1. The first-order valence-electron chi connectivity index (χ1n) is 5.34. The monoisotopic (exact) mass is 292 g/mol. The lowest BCUT2D eigenvalue weighted by Gasteiger charge is -1.95. The molecule has 0 fully saturated rings. The van der Waals surface area contributed by atoms with Crippen LogP contribution in [0.5, 0.6) is 0 Å². The fourth-order valence-electron chi connectivity index (χ4n) is 1.73. The molecule has 0 aliphatic heterocycles. The topological polar surface area (TPSA) is 56.0 Å². The van der Waals surface area contributed by atoms with E-state index in [0.29, 0.717) is 21.0 Å². The van der Waals surface area contributed by atoms with Gasteiger partial charge in [0.05, 0.1) is 11.2 Å². The van der Waals surface area contributed by atoms with Gasteiger partial charge >= 0.3 is 0 Å². The first-order valence-corrected chi connectivity index (χ1v) is 6.10. The minimum Gasteiger partial charge on any atom is -0.451 e. The molecule has 3 rings (SSSR count). The van der Waals surface area contributed by atoms with Gasteiger partial charge in [0.15, 0.2) is 11.3 Å². The normalized spacial score (nSPS) is 10.8. The Labute approximate surface area is 118 Å². The molecule has 3 aromatic rings. The summed E-state index contributed by atoms with van der Waals surface area (Å²) < 4.78 is 5.46. The summed E-state index contributed by atoms with van der Waals surface area (Å²) >= 11 is 11.9. The van der Waals surface area contributed by atoms with E-state index in [1.807, 2.05) is 0 Å². The largest absolute Gasteiger partial charge is 0.451 e. The highest BCUT2D eigenvalue weighted by molar-refractivity contribution is 6.38. The van der Waals surface area contributed by atoms with Crippen molar-refractivity contribution in [1.29, 1.82) is 0 Å². The van der Waals surface area contributed by atoms with E-state index in [4.69, 9.17) is 27.6 Å². The Balaban J connectivity index is 2.12. The first kappa shape index (κ1) is 12.1. The summed E-state index contributed by atoms with van der Waals surface area (Å²) in [6.07, 6.45) is 4.32. The molecule has 0 N–H and O–H groups in total. The van der Waals surface area contributed by atoms with Crippen LogP contribution in [0.3, 0.4) is 0 Å². The summed E-state index contributed by atoms with van der Waals surface area (Å²) in [5.74, 6) is -0.198. The Morgan fingerprint density at radius 3 is 2.74 bits per heavy atom. The van der Waals surface area contributed by atoms with Crippen LogP contribution in [-0.2, 0) is 0 Å². The average molecular weight is 293 g/mol. The maximum atomic E-state index is 12.1. The molecule has 0 spiro atoms. The highest BCUT2D eigenvalue weighted by Crippen LogP contribution is 2.31. The molecule has 0 aliphatic rings. The van der Waals surface area contributed by atoms with Crippen LogP contribution in [0.1, 0.15) is 16.2 Å². The molecular formula is C13H6Cl2N2O2. The zero-order chi connectivity index (χ0) is 13.4. The molecule has 6 heteroatoms. The molecule has 2 aromatic heterocycles. The van der Waals surface area contributed by atoms with E-state index < -0.39 is 0 Å². The Morgan fingerprint density at radius 2 is 2.00 bits per heavy atom. The number of hydrogen-bond donors (Lipinski definition) is 0. The van der Waals surface area contributed by atoms with E-state index in [2.05, 4.69) is 9.97 Å². The van der Waals surface area contributed by atoms with Crippen LogP contribution in [0.2, 0.25) is 10.0 Å². The molecule has 4 nitrogen and oxygen atoms in total. The second kappa shape index (κ2) is 4.64. The number of carbonyl (C=O) groups is 1. The van der Waals surface area contributed by atoms with Crippen molar-refractivity contribution in [2.75, 3.05) is 0 Å². The Morgan fingerprint density at radius 1 is 1.16 bits per heavy atom. The molecule has 94 valence electrons. The van der Waals surface area contributed by atoms with Crippen molar-refractivity contribution in [1.82, 2.24) is 9.97 Å². The zero-order valence-corrected chi connectivity index (χ0v) is 10.9. The number of rotatable bonds is 2. The van der Waals surface area contributed by atoms with Crippen LogP contribution in [0.15, 0.2) is 41.2 Å². The minimum absolute atomic E-state index is 0.152. The average Bonchev–Trinajstić information content (AvgIpc) is 2.83. The van der Waals surface area contributed by atoms with Crippen molar-refractivity contribution >= 4 is 40.0 Å². The molecule has 19 heavy (non-hydrogen) atoms. The third-order valence-electron chi connectivity index (χ3n) is 2.56. The number of fused-ring (bicyclic) bond motifs is 1. The summed E-state index contributed by atoms with van der Waals surface area (Å²) in [7, 11) is 0. The molecule has 0 saturated carbocycles. The molecule has 1 aromatic carbocycles. The molecule has 0 bridgehead atoms. The number of aromatic nitrogens is 2. The molecule has 2 heterocycles. The smallest absolute Gasteiger partial charge is 0.248 e. The summed E-state index contributed by atoms with van der Waals surface area (Å²) in [5.41, 5.74) is 0.641. The Hall–Kier alpha value is -1.91. The maximum absolute atomic E-state index is 12.1. The van der Waals surface area contributed by atoms with Gasteiger partial charge in [0.1, 0.15) is 5.69 Å². The number of furan rings is 1. The molecule has 0 amide bonds. The molecule has 0 unspecified atom stereocenters. The van der Waals surface area contributed by atoms with E-state index in [9.17, 15) is 4.79 Å². The van der Waals surface area contributed by atoms with Crippen LogP contribution in [-0.4, -0.2) is 15.8 Å². The van der Waals surface area contributed by atoms with Gasteiger partial charge in [-0.25, -0.2) is 4.98 Å². The second-order valence-corrected chi connectivity index (χ2v) is 4.68. The predicted octanol–water partition coefficient (Wildman–Crippen LogP) is 3.76. The molecule has 0 radical (unpaired) electrons.